The highest BCUT2D eigenvalue weighted by atomic mass is 127. The summed E-state index contributed by atoms with van der Waals surface area (Å²) < 4.78 is 8.98. The highest BCUT2D eigenvalue weighted by Gasteiger charge is 2.13. The predicted octanol–water partition coefficient (Wildman–Crippen LogP) is 4.98. The van der Waals surface area contributed by atoms with Crippen LogP contribution in [-0.2, 0) is 20.7 Å². The molecule has 1 heterocycles. The SMILES string of the molecule is C#CCc1cc(-c2ccccc2)ncc1C(=O)OC.CCC(=O)OC.CSI. The van der Waals surface area contributed by atoms with E-state index in [1.165, 1.54) is 20.4 Å². The van der Waals surface area contributed by atoms with E-state index in [0.717, 1.165) is 16.8 Å². The van der Waals surface area contributed by atoms with Crippen LogP contribution in [-0.4, -0.2) is 37.4 Å². The van der Waals surface area contributed by atoms with Gasteiger partial charge in [0, 0.05) is 24.6 Å². The van der Waals surface area contributed by atoms with Crippen LogP contribution in [0.2, 0.25) is 0 Å². The first-order chi connectivity index (χ1) is 13.5. The molecule has 0 aliphatic carbocycles. The van der Waals surface area contributed by atoms with E-state index in [2.05, 4.69) is 36.8 Å². The van der Waals surface area contributed by atoms with Gasteiger partial charge in [0.25, 0.3) is 0 Å². The molecule has 0 aliphatic heterocycles. The largest absolute Gasteiger partial charge is 0.469 e. The number of hydrogen-bond donors (Lipinski definition) is 0. The number of terminal acetylenes is 1. The van der Waals surface area contributed by atoms with Gasteiger partial charge in [-0.1, -0.05) is 46.2 Å². The summed E-state index contributed by atoms with van der Waals surface area (Å²) in [5.41, 5.74) is 2.94. The fraction of sp³-hybridized carbons (Fsp3) is 0.286. The van der Waals surface area contributed by atoms with Gasteiger partial charge in [0.2, 0.25) is 0 Å². The number of carbonyl (C=O) groups is 2. The number of rotatable bonds is 4. The molecule has 0 radical (unpaired) electrons. The fourth-order valence-corrected chi connectivity index (χ4v) is 1.96. The smallest absolute Gasteiger partial charge is 0.339 e. The number of esters is 2. The zero-order valence-corrected chi connectivity index (χ0v) is 19.4. The van der Waals surface area contributed by atoms with Crippen LogP contribution in [0.5, 0.6) is 0 Å². The molecule has 0 saturated carbocycles. The van der Waals surface area contributed by atoms with Crippen molar-refractivity contribution in [1.29, 1.82) is 0 Å². The summed E-state index contributed by atoms with van der Waals surface area (Å²) >= 11 is 2.20. The Morgan fingerprint density at radius 3 is 2.25 bits per heavy atom. The minimum atomic E-state index is -0.419. The van der Waals surface area contributed by atoms with Crippen molar-refractivity contribution in [1.82, 2.24) is 4.98 Å². The Hall–Kier alpha value is -2.05. The second-order valence-corrected chi connectivity index (χ2v) is 8.00. The van der Waals surface area contributed by atoms with E-state index >= 15 is 0 Å². The summed E-state index contributed by atoms with van der Waals surface area (Å²) in [5.74, 6) is 1.97. The molecule has 5 nitrogen and oxygen atoms in total. The maximum Gasteiger partial charge on any atom is 0.339 e. The third kappa shape index (κ3) is 9.76. The lowest BCUT2D eigenvalue weighted by Crippen LogP contribution is -2.06. The van der Waals surface area contributed by atoms with Crippen molar-refractivity contribution in [2.45, 2.75) is 19.8 Å². The zero-order chi connectivity index (χ0) is 21.4. The third-order valence-electron chi connectivity index (χ3n) is 3.27. The van der Waals surface area contributed by atoms with Gasteiger partial charge in [-0.2, -0.15) is 0 Å². The molecule has 0 N–H and O–H groups in total. The number of halogens is 1. The summed E-state index contributed by atoms with van der Waals surface area (Å²) in [6, 6.07) is 11.6. The molecule has 0 atom stereocenters. The number of carbonyl (C=O) groups excluding carboxylic acids is 2. The minimum absolute atomic E-state index is 0.157. The van der Waals surface area contributed by atoms with Crippen LogP contribution in [0.4, 0.5) is 0 Å². The van der Waals surface area contributed by atoms with Crippen molar-refractivity contribution in [2.24, 2.45) is 0 Å². The molecule has 7 heteroatoms. The lowest BCUT2D eigenvalue weighted by molar-refractivity contribution is -0.140. The summed E-state index contributed by atoms with van der Waals surface area (Å²) in [6.45, 7) is 1.76. The van der Waals surface area contributed by atoms with Crippen LogP contribution in [0.1, 0.15) is 29.3 Å². The van der Waals surface area contributed by atoms with Gasteiger partial charge in [-0.25, -0.2) is 4.79 Å². The summed E-state index contributed by atoms with van der Waals surface area (Å²) in [7, 11) is 4.44. The van der Waals surface area contributed by atoms with Crippen LogP contribution >= 0.6 is 30.1 Å². The minimum Gasteiger partial charge on any atom is -0.469 e. The second-order valence-electron chi connectivity index (χ2n) is 5.05. The molecule has 0 fully saturated rings. The molecule has 0 unspecified atom stereocenters. The molecule has 0 saturated heterocycles. The zero-order valence-electron chi connectivity index (χ0n) is 16.4. The quantitative estimate of drug-likeness (QED) is 0.327. The molecule has 0 spiro atoms. The van der Waals surface area contributed by atoms with Gasteiger partial charge in [0.15, 0.2) is 0 Å². The third-order valence-corrected chi connectivity index (χ3v) is 3.27. The number of nitrogens with zero attached hydrogens (tertiary/aromatic N) is 1. The Kier molecular flexibility index (Phi) is 14.8. The van der Waals surface area contributed by atoms with E-state index in [1.54, 1.807) is 15.9 Å². The molecule has 2 aromatic rings. The van der Waals surface area contributed by atoms with Gasteiger partial charge in [0.05, 0.1) is 25.5 Å². The second kappa shape index (κ2) is 16.0. The number of benzene rings is 1. The summed E-state index contributed by atoms with van der Waals surface area (Å²) in [5, 5.41) is 0. The monoisotopic (exact) mass is 513 g/mol. The molecule has 0 amide bonds. The van der Waals surface area contributed by atoms with E-state index in [-0.39, 0.29) is 5.97 Å². The van der Waals surface area contributed by atoms with Crippen molar-refractivity contribution in [3.05, 3.63) is 53.7 Å². The van der Waals surface area contributed by atoms with Gasteiger partial charge in [-0.15, -0.1) is 12.3 Å². The molecule has 2 rings (SSSR count). The predicted molar refractivity (Wildman–Crippen MR) is 123 cm³/mol. The van der Waals surface area contributed by atoms with Gasteiger partial charge in [0.1, 0.15) is 0 Å². The van der Waals surface area contributed by atoms with Gasteiger partial charge < -0.3 is 9.47 Å². The van der Waals surface area contributed by atoms with Gasteiger partial charge in [-0.3, -0.25) is 9.78 Å². The maximum absolute atomic E-state index is 11.6. The molecule has 1 aromatic carbocycles. The summed E-state index contributed by atoms with van der Waals surface area (Å²) in [4.78, 5) is 25.9. The standard InChI is InChI=1S/C16H13NO2.C4H8O2.CH3IS/c1-3-7-13-10-15(12-8-5-4-6-9-12)17-11-14(13)16(18)19-2;1-3-4(5)6-2;1-3-2/h1,4-6,8-11H,7H2,2H3;3H2,1-2H3;1H3. The molecule has 0 bridgehead atoms. The highest BCUT2D eigenvalue weighted by Crippen LogP contribution is 2.20. The molecular formula is C21H24INO4S. The van der Waals surface area contributed by atoms with Gasteiger partial charge in [-0.05, 0) is 39.1 Å². The number of methoxy groups -OCH3 is 2. The topological polar surface area (TPSA) is 65.5 Å². The van der Waals surface area contributed by atoms with Crippen molar-refractivity contribution < 1.29 is 19.1 Å². The van der Waals surface area contributed by atoms with Crippen molar-refractivity contribution in [3.8, 4) is 23.6 Å². The first kappa shape index (κ1) is 26.0. The van der Waals surface area contributed by atoms with E-state index in [1.807, 2.05) is 42.7 Å². The average molecular weight is 513 g/mol. The van der Waals surface area contributed by atoms with E-state index in [9.17, 15) is 9.59 Å². The van der Waals surface area contributed by atoms with Crippen LogP contribution in [0, 0.1) is 12.3 Å². The highest BCUT2D eigenvalue weighted by molar-refractivity contribution is 14.2. The maximum atomic E-state index is 11.6. The lowest BCUT2D eigenvalue weighted by Gasteiger charge is -2.08. The first-order valence-corrected chi connectivity index (χ1v) is 12.0. The Morgan fingerprint density at radius 1 is 1.21 bits per heavy atom. The van der Waals surface area contributed by atoms with E-state index < -0.39 is 5.97 Å². The Bertz CT molecular complexity index is 770. The Labute approximate surface area is 183 Å². The molecule has 1 aromatic heterocycles. The van der Waals surface area contributed by atoms with E-state index in [0.29, 0.717) is 18.4 Å². The Morgan fingerprint density at radius 2 is 1.82 bits per heavy atom. The van der Waals surface area contributed by atoms with E-state index in [4.69, 9.17) is 11.2 Å². The fourth-order valence-electron chi connectivity index (χ4n) is 1.96. The normalized spacial score (nSPS) is 8.86. The Balaban J connectivity index is 0.000000683. The number of hydrogen-bond acceptors (Lipinski definition) is 6. The van der Waals surface area contributed by atoms with Crippen LogP contribution < -0.4 is 0 Å². The van der Waals surface area contributed by atoms with Crippen molar-refractivity contribution in [2.75, 3.05) is 20.5 Å². The van der Waals surface area contributed by atoms with Crippen molar-refractivity contribution in [3.63, 3.8) is 0 Å². The average Bonchev–Trinajstić information content (AvgIpc) is 2.74. The molecular weight excluding hydrogens is 489 g/mol. The lowest BCUT2D eigenvalue weighted by atomic mass is 10.0. The molecule has 150 valence electrons. The van der Waals surface area contributed by atoms with Crippen LogP contribution in [0.3, 0.4) is 0 Å². The first-order valence-electron chi connectivity index (χ1n) is 8.26. The van der Waals surface area contributed by atoms with Crippen molar-refractivity contribution >= 4 is 42.1 Å². The number of pyridine rings is 1. The van der Waals surface area contributed by atoms with Gasteiger partial charge >= 0.3 is 11.9 Å². The summed E-state index contributed by atoms with van der Waals surface area (Å²) in [6.07, 6.45) is 9.72. The van der Waals surface area contributed by atoms with Crippen LogP contribution in [0.15, 0.2) is 42.6 Å². The molecule has 28 heavy (non-hydrogen) atoms. The molecule has 0 aliphatic rings. The van der Waals surface area contributed by atoms with Crippen LogP contribution in [0.25, 0.3) is 11.3 Å². The number of ether oxygens (including phenoxy) is 2. The number of aromatic nitrogens is 1.